The summed E-state index contributed by atoms with van der Waals surface area (Å²) in [7, 11) is 5.92. The second-order valence-corrected chi connectivity index (χ2v) is 10.1. The number of anilines is 3. The highest BCUT2D eigenvalue weighted by Crippen LogP contribution is 2.43. The minimum absolute atomic E-state index is 0.0454. The molecule has 194 valence electrons. The molecule has 3 N–H and O–H groups in total. The summed E-state index contributed by atoms with van der Waals surface area (Å²) < 4.78 is 13.7. The number of hydrogen-bond donors (Lipinski definition) is 3. The van der Waals surface area contributed by atoms with Gasteiger partial charge in [0, 0.05) is 50.7 Å². The van der Waals surface area contributed by atoms with Crippen molar-refractivity contribution in [3.63, 3.8) is 0 Å². The highest BCUT2D eigenvalue weighted by molar-refractivity contribution is 6.01. The monoisotopic (exact) mass is 504 g/mol. The van der Waals surface area contributed by atoms with Crippen molar-refractivity contribution in [2.24, 2.45) is 0 Å². The molecule has 1 amide bonds. The Morgan fingerprint density at radius 1 is 1.16 bits per heavy atom. The minimum atomic E-state index is -0.402. The number of aromatic amines is 1. The maximum Gasteiger partial charge on any atom is 0.257 e. The number of hydrogen-bond acceptors (Lipinski definition) is 6. The third-order valence-electron chi connectivity index (χ3n) is 7.27. The summed E-state index contributed by atoms with van der Waals surface area (Å²) in [6.45, 7) is 4.59. The van der Waals surface area contributed by atoms with E-state index < -0.39 is 6.17 Å². The van der Waals surface area contributed by atoms with Gasteiger partial charge in [-0.05, 0) is 74.5 Å². The van der Waals surface area contributed by atoms with Crippen LogP contribution < -0.4 is 21.1 Å². The van der Waals surface area contributed by atoms with E-state index >= 15 is 0 Å². The van der Waals surface area contributed by atoms with Crippen molar-refractivity contribution in [3.05, 3.63) is 86.6 Å². The van der Waals surface area contributed by atoms with Gasteiger partial charge in [-0.2, -0.15) is 0 Å². The highest BCUT2D eigenvalue weighted by atomic mass is 19.1. The van der Waals surface area contributed by atoms with Crippen LogP contribution in [0.1, 0.15) is 38.8 Å². The number of aromatic nitrogens is 1. The van der Waals surface area contributed by atoms with Gasteiger partial charge in [0.25, 0.3) is 11.5 Å². The number of carbonyl (C=O) groups is 1. The van der Waals surface area contributed by atoms with E-state index in [1.807, 2.05) is 56.1 Å². The van der Waals surface area contributed by atoms with E-state index in [4.69, 9.17) is 0 Å². The van der Waals surface area contributed by atoms with Crippen LogP contribution in [0, 0.1) is 12.7 Å². The Balaban J connectivity index is 1.35. The molecule has 9 heteroatoms. The van der Waals surface area contributed by atoms with Crippen molar-refractivity contribution in [1.82, 2.24) is 14.8 Å². The molecule has 8 nitrogen and oxygen atoms in total. The maximum absolute atomic E-state index is 13.7. The fraction of sp³-hybridized carbons (Fsp3) is 0.357. The van der Waals surface area contributed by atoms with Gasteiger partial charge in [0.05, 0.1) is 16.9 Å². The fourth-order valence-electron chi connectivity index (χ4n) is 5.13. The molecule has 2 aliphatic heterocycles. The minimum Gasteiger partial charge on any atom is -0.384 e. The lowest BCUT2D eigenvalue weighted by atomic mass is 10.1. The van der Waals surface area contributed by atoms with Crippen LogP contribution in [0.2, 0.25) is 0 Å². The van der Waals surface area contributed by atoms with E-state index in [1.165, 1.54) is 6.07 Å². The Morgan fingerprint density at radius 2 is 1.97 bits per heavy atom. The number of rotatable bonds is 8. The van der Waals surface area contributed by atoms with Crippen LogP contribution in [-0.4, -0.2) is 61.5 Å². The number of likely N-dealkylation sites (N-methyl/N-ethyl adjacent to an activating group) is 1. The lowest BCUT2D eigenvalue weighted by Gasteiger charge is -2.24. The zero-order valence-electron chi connectivity index (χ0n) is 21.7. The zero-order valence-corrected chi connectivity index (χ0v) is 21.7. The number of aryl methyl sites for hydroxylation is 1. The highest BCUT2D eigenvalue weighted by Gasteiger charge is 2.35. The molecule has 1 unspecified atom stereocenters. The summed E-state index contributed by atoms with van der Waals surface area (Å²) in [6, 6.07) is 10.6. The van der Waals surface area contributed by atoms with Crippen LogP contribution in [-0.2, 0) is 13.0 Å². The third kappa shape index (κ3) is 4.79. The first-order valence-corrected chi connectivity index (χ1v) is 12.5. The van der Waals surface area contributed by atoms with E-state index in [2.05, 4.69) is 20.5 Å². The average Bonchev–Trinajstić information content (AvgIpc) is 3.34. The number of fused-ring (bicyclic) bond motifs is 2. The van der Waals surface area contributed by atoms with E-state index in [-0.39, 0.29) is 17.3 Å². The topological polar surface area (TPSA) is 83.7 Å². The van der Waals surface area contributed by atoms with Crippen molar-refractivity contribution < 1.29 is 9.18 Å². The van der Waals surface area contributed by atoms with Gasteiger partial charge < -0.3 is 30.3 Å². The van der Waals surface area contributed by atoms with Gasteiger partial charge in [-0.25, -0.2) is 4.39 Å². The Bertz CT molecular complexity index is 1400. The molecular weight excluding hydrogens is 471 g/mol. The van der Waals surface area contributed by atoms with Crippen LogP contribution in [0.3, 0.4) is 0 Å². The number of nitrogens with zero attached hydrogens (tertiary/aromatic N) is 3. The predicted octanol–water partition coefficient (Wildman–Crippen LogP) is 3.55. The first-order chi connectivity index (χ1) is 17.7. The van der Waals surface area contributed by atoms with Gasteiger partial charge in [0.15, 0.2) is 0 Å². The lowest BCUT2D eigenvalue weighted by Crippen LogP contribution is -2.32. The smallest absolute Gasteiger partial charge is 0.257 e. The van der Waals surface area contributed by atoms with Gasteiger partial charge in [-0.1, -0.05) is 6.07 Å². The lowest BCUT2D eigenvalue weighted by molar-refractivity contribution is 0.0768. The van der Waals surface area contributed by atoms with Gasteiger partial charge in [0.1, 0.15) is 12.0 Å². The van der Waals surface area contributed by atoms with Gasteiger partial charge in [0.2, 0.25) is 0 Å². The molecule has 0 spiro atoms. The van der Waals surface area contributed by atoms with Crippen LogP contribution in [0.4, 0.5) is 21.5 Å². The molecule has 2 aromatic carbocycles. The predicted molar refractivity (Wildman–Crippen MR) is 145 cm³/mol. The molecule has 1 atom stereocenters. The van der Waals surface area contributed by atoms with Gasteiger partial charge in [-0.3, -0.25) is 9.59 Å². The standard InChI is InChI=1S/C28H33FN6O2/c1-17-5-6-20(29)13-18(17)7-9-30-22-8-10-31-27(36)25(22)26-32-23-14-19-16-35(12-11-33(2)3)28(37)21(19)15-24(23)34(26)4/h5-6,8,10,13-15,26,32H,7,9,11-12,16H2,1-4H3,(H2,30,31,36). The zero-order chi connectivity index (χ0) is 26.3. The SMILES string of the molecule is Cc1ccc(F)cc1CCNc1cc[nH]c(=O)c1C1Nc2cc3c(cc2N1C)C(=O)N(CCN(C)C)C3. The number of pyridine rings is 1. The molecule has 37 heavy (non-hydrogen) atoms. The summed E-state index contributed by atoms with van der Waals surface area (Å²) in [6.07, 6.45) is 1.85. The van der Waals surface area contributed by atoms with Gasteiger partial charge in [-0.15, -0.1) is 0 Å². The second kappa shape index (κ2) is 9.89. The van der Waals surface area contributed by atoms with E-state index in [0.29, 0.717) is 37.3 Å². The summed E-state index contributed by atoms with van der Waals surface area (Å²) >= 11 is 0. The molecule has 0 bridgehead atoms. The number of H-pyrrole nitrogens is 1. The molecule has 0 saturated carbocycles. The van der Waals surface area contributed by atoms with Crippen LogP contribution >= 0.6 is 0 Å². The Labute approximate surface area is 216 Å². The normalized spacial score (nSPS) is 16.3. The fourth-order valence-corrected chi connectivity index (χ4v) is 5.13. The summed E-state index contributed by atoms with van der Waals surface area (Å²) in [5.74, 6) is -0.206. The number of halogens is 1. The molecule has 0 fully saturated rings. The van der Waals surface area contributed by atoms with E-state index in [9.17, 15) is 14.0 Å². The van der Waals surface area contributed by atoms with Crippen molar-refractivity contribution in [3.8, 4) is 0 Å². The molecule has 1 aromatic heterocycles. The van der Waals surface area contributed by atoms with E-state index in [0.717, 1.165) is 40.2 Å². The van der Waals surface area contributed by atoms with Crippen molar-refractivity contribution >= 4 is 23.0 Å². The largest absolute Gasteiger partial charge is 0.384 e. The first-order valence-electron chi connectivity index (χ1n) is 12.5. The molecular formula is C28H33FN6O2. The number of benzene rings is 2. The molecule has 0 radical (unpaired) electrons. The summed E-state index contributed by atoms with van der Waals surface area (Å²) in [5.41, 5.74) is 6.56. The van der Waals surface area contributed by atoms with Crippen LogP contribution in [0.15, 0.2) is 47.4 Å². The van der Waals surface area contributed by atoms with Crippen molar-refractivity contribution in [1.29, 1.82) is 0 Å². The van der Waals surface area contributed by atoms with Gasteiger partial charge >= 0.3 is 0 Å². The summed E-state index contributed by atoms with van der Waals surface area (Å²) in [4.78, 5) is 34.8. The summed E-state index contributed by atoms with van der Waals surface area (Å²) in [5, 5.41) is 6.88. The molecule has 3 heterocycles. The number of amides is 1. The molecule has 5 rings (SSSR count). The average molecular weight is 505 g/mol. The van der Waals surface area contributed by atoms with E-state index in [1.54, 1.807) is 18.3 Å². The second-order valence-electron chi connectivity index (χ2n) is 10.1. The Morgan fingerprint density at radius 3 is 2.76 bits per heavy atom. The molecule has 0 saturated heterocycles. The Hall–Kier alpha value is -3.85. The first kappa shape index (κ1) is 24.8. The Kier molecular flexibility index (Phi) is 6.64. The quantitative estimate of drug-likeness (QED) is 0.435. The van der Waals surface area contributed by atoms with Crippen LogP contribution in [0.25, 0.3) is 0 Å². The number of carbonyl (C=O) groups excluding carboxylic acids is 1. The number of nitrogens with one attached hydrogen (secondary N) is 3. The molecule has 0 aliphatic carbocycles. The van der Waals surface area contributed by atoms with Crippen molar-refractivity contribution in [2.45, 2.75) is 26.1 Å². The molecule has 2 aliphatic rings. The van der Waals surface area contributed by atoms with Crippen LogP contribution in [0.5, 0.6) is 0 Å². The third-order valence-corrected chi connectivity index (χ3v) is 7.27. The van der Waals surface area contributed by atoms with Crippen molar-refractivity contribution in [2.75, 3.05) is 56.3 Å². The maximum atomic E-state index is 13.7. The molecule has 3 aromatic rings.